The first kappa shape index (κ1) is 19.9. The normalized spacial score (nSPS) is 11.0. The summed E-state index contributed by atoms with van der Waals surface area (Å²) in [6.45, 7) is 2.40. The molecule has 3 rings (SSSR count). The van der Waals surface area contributed by atoms with E-state index in [1.807, 2.05) is 31.2 Å². The van der Waals surface area contributed by atoms with Crippen LogP contribution in [-0.4, -0.2) is 37.4 Å². The Morgan fingerprint density at radius 3 is 2.93 bits per heavy atom. The van der Waals surface area contributed by atoms with Crippen LogP contribution in [0, 0.1) is 0 Å². The molecule has 0 aliphatic rings. The maximum atomic E-state index is 12.0. The molecule has 1 aromatic heterocycles. The van der Waals surface area contributed by atoms with Gasteiger partial charge in [-0.2, -0.15) is 5.10 Å². The predicted octanol–water partition coefficient (Wildman–Crippen LogP) is 3.92. The molecule has 146 valence electrons. The fourth-order valence-corrected chi connectivity index (χ4v) is 3.60. The van der Waals surface area contributed by atoms with Gasteiger partial charge >= 0.3 is 0 Å². The molecule has 1 heterocycles. The number of hydrazone groups is 1. The van der Waals surface area contributed by atoms with Gasteiger partial charge in [-0.05, 0) is 36.8 Å². The number of aromatic nitrogens is 1. The number of para-hydroxylation sites is 1. The molecule has 0 saturated carbocycles. The van der Waals surface area contributed by atoms with E-state index < -0.39 is 0 Å². The van der Waals surface area contributed by atoms with Crippen LogP contribution < -0.4 is 20.2 Å². The highest BCUT2D eigenvalue weighted by molar-refractivity contribution is 7.22. The first-order chi connectivity index (χ1) is 13.6. The van der Waals surface area contributed by atoms with Gasteiger partial charge in [0.2, 0.25) is 0 Å². The SMILES string of the molecule is CCOc1cc(/C=N\NC(=O)CNc2nc3ccccc3s2)cc(Cl)c1OC. The summed E-state index contributed by atoms with van der Waals surface area (Å²) in [5, 5.41) is 8.04. The lowest BCUT2D eigenvalue weighted by Gasteiger charge is -2.11. The number of benzene rings is 2. The molecule has 9 heteroatoms. The van der Waals surface area contributed by atoms with Gasteiger partial charge in [-0.15, -0.1) is 0 Å². The Balaban J connectivity index is 1.57. The van der Waals surface area contributed by atoms with Gasteiger partial charge < -0.3 is 14.8 Å². The number of fused-ring (bicyclic) bond motifs is 1. The van der Waals surface area contributed by atoms with E-state index in [-0.39, 0.29) is 12.5 Å². The summed E-state index contributed by atoms with van der Waals surface area (Å²) in [5.74, 6) is 0.688. The van der Waals surface area contributed by atoms with Crippen LogP contribution in [0.5, 0.6) is 11.5 Å². The molecule has 2 aromatic carbocycles. The van der Waals surface area contributed by atoms with E-state index >= 15 is 0 Å². The number of hydrogen-bond donors (Lipinski definition) is 2. The minimum Gasteiger partial charge on any atom is -0.491 e. The van der Waals surface area contributed by atoms with Crippen LogP contribution in [0.2, 0.25) is 5.02 Å². The van der Waals surface area contributed by atoms with Crippen molar-refractivity contribution in [1.29, 1.82) is 0 Å². The van der Waals surface area contributed by atoms with Gasteiger partial charge in [0, 0.05) is 0 Å². The van der Waals surface area contributed by atoms with Crippen molar-refractivity contribution < 1.29 is 14.3 Å². The second-order valence-electron chi connectivity index (χ2n) is 5.60. The maximum absolute atomic E-state index is 12.0. The van der Waals surface area contributed by atoms with Crippen LogP contribution in [-0.2, 0) is 4.79 Å². The molecular formula is C19H19ClN4O3S. The summed E-state index contributed by atoms with van der Waals surface area (Å²) in [7, 11) is 1.52. The number of anilines is 1. The van der Waals surface area contributed by atoms with E-state index in [0.29, 0.717) is 33.8 Å². The average Bonchev–Trinajstić information content (AvgIpc) is 3.09. The molecule has 2 N–H and O–H groups in total. The molecule has 0 aliphatic heterocycles. The van der Waals surface area contributed by atoms with E-state index in [2.05, 4.69) is 20.8 Å². The molecule has 0 aliphatic carbocycles. The molecule has 28 heavy (non-hydrogen) atoms. The minimum atomic E-state index is -0.292. The fourth-order valence-electron chi connectivity index (χ4n) is 2.45. The van der Waals surface area contributed by atoms with Crippen LogP contribution in [0.15, 0.2) is 41.5 Å². The Labute approximate surface area is 171 Å². The van der Waals surface area contributed by atoms with E-state index in [4.69, 9.17) is 21.1 Å². The number of methoxy groups -OCH3 is 1. The van der Waals surface area contributed by atoms with Gasteiger partial charge in [0.1, 0.15) is 0 Å². The highest BCUT2D eigenvalue weighted by Crippen LogP contribution is 2.35. The summed E-state index contributed by atoms with van der Waals surface area (Å²) in [6, 6.07) is 11.2. The number of carbonyl (C=O) groups excluding carboxylic acids is 1. The first-order valence-electron chi connectivity index (χ1n) is 8.52. The number of thiazole rings is 1. The van der Waals surface area contributed by atoms with Gasteiger partial charge in [-0.25, -0.2) is 10.4 Å². The lowest BCUT2D eigenvalue weighted by Crippen LogP contribution is -2.25. The third-order valence-corrected chi connectivity index (χ3v) is 4.91. The van der Waals surface area contributed by atoms with E-state index in [9.17, 15) is 4.79 Å². The van der Waals surface area contributed by atoms with E-state index in [1.54, 1.807) is 12.1 Å². The first-order valence-corrected chi connectivity index (χ1v) is 9.71. The number of hydrogen-bond acceptors (Lipinski definition) is 7. The number of amides is 1. The topological polar surface area (TPSA) is 84.8 Å². The second-order valence-corrected chi connectivity index (χ2v) is 7.04. The minimum absolute atomic E-state index is 0.0602. The van der Waals surface area contributed by atoms with Gasteiger partial charge in [0.25, 0.3) is 5.91 Å². The number of rotatable bonds is 8. The van der Waals surface area contributed by atoms with Crippen LogP contribution in [0.1, 0.15) is 12.5 Å². The predicted molar refractivity (Wildman–Crippen MR) is 113 cm³/mol. The van der Waals surface area contributed by atoms with Crippen LogP contribution in [0.3, 0.4) is 0 Å². The van der Waals surface area contributed by atoms with Gasteiger partial charge in [0.15, 0.2) is 16.6 Å². The van der Waals surface area contributed by atoms with Crippen molar-refractivity contribution in [3.8, 4) is 11.5 Å². The number of nitrogens with zero attached hydrogens (tertiary/aromatic N) is 2. The number of nitrogens with one attached hydrogen (secondary N) is 2. The standard InChI is InChI=1S/C19H19ClN4O3S/c1-3-27-15-9-12(8-13(20)18(15)26-2)10-22-24-17(25)11-21-19-23-14-6-4-5-7-16(14)28-19/h4-10H,3,11H2,1-2H3,(H,21,23)(H,24,25)/b22-10-. The van der Waals surface area contributed by atoms with Crippen LogP contribution >= 0.6 is 22.9 Å². The molecule has 3 aromatic rings. The molecule has 0 spiro atoms. The van der Waals surface area contributed by atoms with Crippen molar-refractivity contribution in [3.63, 3.8) is 0 Å². The Hall–Kier alpha value is -2.84. The van der Waals surface area contributed by atoms with Crippen molar-refractivity contribution in [3.05, 3.63) is 47.0 Å². The summed E-state index contributed by atoms with van der Waals surface area (Å²) in [5.41, 5.74) is 4.04. The van der Waals surface area contributed by atoms with E-state index in [0.717, 1.165) is 10.2 Å². The summed E-state index contributed by atoms with van der Waals surface area (Å²) >= 11 is 7.68. The lowest BCUT2D eigenvalue weighted by molar-refractivity contribution is -0.119. The van der Waals surface area contributed by atoms with Crippen LogP contribution in [0.4, 0.5) is 5.13 Å². The Morgan fingerprint density at radius 2 is 2.18 bits per heavy atom. The maximum Gasteiger partial charge on any atom is 0.259 e. The smallest absolute Gasteiger partial charge is 0.259 e. The van der Waals surface area contributed by atoms with Gasteiger partial charge in [-0.3, -0.25) is 4.79 Å². The summed E-state index contributed by atoms with van der Waals surface area (Å²) in [4.78, 5) is 16.4. The Kier molecular flexibility index (Phi) is 6.67. The van der Waals surface area contributed by atoms with Crippen molar-refractivity contribution in [2.24, 2.45) is 5.10 Å². The number of halogens is 1. The van der Waals surface area contributed by atoms with Crippen molar-refractivity contribution >= 4 is 50.4 Å². The molecule has 0 fully saturated rings. The molecule has 0 saturated heterocycles. The zero-order valence-electron chi connectivity index (χ0n) is 15.4. The molecule has 0 bridgehead atoms. The quantitative estimate of drug-likeness (QED) is 0.428. The third kappa shape index (κ3) is 4.90. The zero-order chi connectivity index (χ0) is 19.9. The molecule has 0 unspecified atom stereocenters. The lowest BCUT2D eigenvalue weighted by atomic mass is 10.2. The van der Waals surface area contributed by atoms with Crippen molar-refractivity contribution in [2.75, 3.05) is 25.6 Å². The summed E-state index contributed by atoms with van der Waals surface area (Å²) in [6.07, 6.45) is 1.49. The van der Waals surface area contributed by atoms with Crippen molar-refractivity contribution in [1.82, 2.24) is 10.4 Å². The Bertz CT molecular complexity index is 973. The second kappa shape index (κ2) is 9.38. The molecule has 1 amide bonds. The molecule has 0 atom stereocenters. The third-order valence-electron chi connectivity index (χ3n) is 3.63. The van der Waals surface area contributed by atoms with Crippen LogP contribution in [0.25, 0.3) is 10.2 Å². The molecule has 7 nitrogen and oxygen atoms in total. The number of ether oxygens (including phenoxy) is 2. The highest BCUT2D eigenvalue weighted by atomic mass is 35.5. The van der Waals surface area contributed by atoms with Gasteiger partial charge in [0.05, 0.1) is 41.7 Å². The monoisotopic (exact) mass is 418 g/mol. The van der Waals surface area contributed by atoms with Gasteiger partial charge in [-0.1, -0.05) is 35.1 Å². The van der Waals surface area contributed by atoms with E-state index in [1.165, 1.54) is 24.7 Å². The molecule has 0 radical (unpaired) electrons. The van der Waals surface area contributed by atoms with Crippen molar-refractivity contribution in [2.45, 2.75) is 6.92 Å². The largest absolute Gasteiger partial charge is 0.491 e. The Morgan fingerprint density at radius 1 is 1.36 bits per heavy atom. The fraction of sp³-hybridized carbons (Fsp3) is 0.211. The average molecular weight is 419 g/mol. The molecular weight excluding hydrogens is 400 g/mol. The number of carbonyl (C=O) groups is 1. The zero-order valence-corrected chi connectivity index (χ0v) is 16.9. The summed E-state index contributed by atoms with van der Waals surface area (Å²) < 4.78 is 11.8. The highest BCUT2D eigenvalue weighted by Gasteiger charge is 2.11.